The van der Waals surface area contributed by atoms with Crippen molar-refractivity contribution in [1.29, 1.82) is 0 Å². The first-order chi connectivity index (χ1) is 25.8. The summed E-state index contributed by atoms with van der Waals surface area (Å²) in [5, 5.41) is 4.28. The monoisotopic (exact) mass is 668 g/mol. The van der Waals surface area contributed by atoms with Crippen LogP contribution in [-0.2, 0) is 0 Å². The van der Waals surface area contributed by atoms with E-state index >= 15 is 0 Å². The summed E-state index contributed by atoms with van der Waals surface area (Å²) in [5.41, 5.74) is 8.89. The summed E-state index contributed by atoms with van der Waals surface area (Å²) in [7, 11) is 0. The van der Waals surface area contributed by atoms with Gasteiger partial charge in [0.15, 0.2) is 23.1 Å². The van der Waals surface area contributed by atoms with Gasteiger partial charge in [-0.25, -0.2) is 15.0 Å². The van der Waals surface area contributed by atoms with Crippen LogP contribution in [0.25, 0.3) is 66.9 Å². The van der Waals surface area contributed by atoms with Crippen molar-refractivity contribution in [3.05, 3.63) is 187 Å². The van der Waals surface area contributed by atoms with Crippen LogP contribution in [0.3, 0.4) is 0 Å². The Labute approximate surface area is 301 Å². The van der Waals surface area contributed by atoms with Gasteiger partial charge in [-0.1, -0.05) is 140 Å². The van der Waals surface area contributed by atoms with Crippen molar-refractivity contribution >= 4 is 44.1 Å². The third-order valence-electron chi connectivity index (χ3n) is 10.0. The summed E-state index contributed by atoms with van der Waals surface area (Å²) >= 11 is 0. The summed E-state index contributed by atoms with van der Waals surface area (Å²) in [6.45, 7) is 0. The Morgan fingerprint density at radius 1 is 0.577 bits per heavy atom. The van der Waals surface area contributed by atoms with Crippen LogP contribution >= 0.6 is 0 Å². The summed E-state index contributed by atoms with van der Waals surface area (Å²) in [4.78, 5) is 17.7. The molecular weight excluding hydrogens is 637 g/mol. The van der Waals surface area contributed by atoms with E-state index in [1.54, 1.807) is 0 Å². The number of benzene rings is 6. The molecular formula is C47H32N4O. The number of rotatable bonds is 6. The predicted octanol–water partition coefficient (Wildman–Crippen LogP) is 12.0. The van der Waals surface area contributed by atoms with Gasteiger partial charge in [-0.3, -0.25) is 0 Å². The van der Waals surface area contributed by atoms with Gasteiger partial charge in [-0.05, 0) is 59.2 Å². The van der Waals surface area contributed by atoms with Crippen LogP contribution in [0, 0.1) is 5.92 Å². The van der Waals surface area contributed by atoms with Crippen molar-refractivity contribution < 1.29 is 4.42 Å². The van der Waals surface area contributed by atoms with Crippen molar-refractivity contribution in [2.75, 3.05) is 4.90 Å². The average molecular weight is 669 g/mol. The van der Waals surface area contributed by atoms with Gasteiger partial charge in [-0.15, -0.1) is 0 Å². The summed E-state index contributed by atoms with van der Waals surface area (Å²) in [5.74, 6) is 2.14. The maximum absolute atomic E-state index is 7.00. The Morgan fingerprint density at radius 2 is 1.25 bits per heavy atom. The molecule has 2 aromatic heterocycles. The smallest absolute Gasteiger partial charge is 0.164 e. The highest BCUT2D eigenvalue weighted by atomic mass is 16.3. The van der Waals surface area contributed by atoms with Crippen LogP contribution in [-0.4, -0.2) is 15.0 Å². The fraction of sp³-hybridized carbons (Fsp3) is 0.0426. The number of anilines is 2. The fourth-order valence-corrected chi connectivity index (χ4v) is 7.57. The third-order valence-corrected chi connectivity index (χ3v) is 10.0. The van der Waals surface area contributed by atoms with Gasteiger partial charge >= 0.3 is 0 Å². The van der Waals surface area contributed by atoms with Crippen molar-refractivity contribution in [2.24, 2.45) is 5.92 Å². The molecule has 0 radical (unpaired) electrons. The van der Waals surface area contributed by atoms with Crippen LogP contribution < -0.4 is 4.90 Å². The van der Waals surface area contributed by atoms with E-state index in [1.165, 1.54) is 11.3 Å². The first kappa shape index (κ1) is 30.0. The molecule has 0 aliphatic heterocycles. The SMILES string of the molecule is C1=CC2=CC=C(N(c3ccccc3)c3ccc(-c4nc(-c5ccccc5)nc(-c5ccccc5)n4)c4c3oc3ccc5ccccc5c34)CC2C=C1. The van der Waals surface area contributed by atoms with Gasteiger partial charge in [0.1, 0.15) is 5.58 Å². The number of nitrogens with zero attached hydrogens (tertiary/aromatic N) is 4. The lowest BCUT2D eigenvalue weighted by Crippen LogP contribution is -2.21. The minimum atomic E-state index is 0.309. The molecule has 246 valence electrons. The van der Waals surface area contributed by atoms with Gasteiger partial charge in [0.05, 0.1) is 5.69 Å². The minimum absolute atomic E-state index is 0.309. The number of aromatic nitrogens is 3. The number of furan rings is 1. The van der Waals surface area contributed by atoms with Crippen molar-refractivity contribution in [3.8, 4) is 34.2 Å². The lowest BCUT2D eigenvalue weighted by molar-refractivity contribution is 0.667. The molecule has 2 aliphatic rings. The van der Waals surface area contributed by atoms with E-state index in [-0.39, 0.29) is 0 Å². The second-order valence-corrected chi connectivity index (χ2v) is 13.2. The Balaban J connectivity index is 1.28. The lowest BCUT2D eigenvalue weighted by Gasteiger charge is -2.32. The van der Waals surface area contributed by atoms with E-state index in [4.69, 9.17) is 19.4 Å². The molecule has 6 aromatic carbocycles. The molecule has 0 fully saturated rings. The molecule has 52 heavy (non-hydrogen) atoms. The summed E-state index contributed by atoms with van der Waals surface area (Å²) in [6.07, 6.45) is 14.1. The average Bonchev–Trinajstić information content (AvgIpc) is 3.63. The number of allylic oxidation sites excluding steroid dienone is 8. The van der Waals surface area contributed by atoms with Crippen LogP contribution in [0.4, 0.5) is 11.4 Å². The zero-order valence-electron chi connectivity index (χ0n) is 28.2. The van der Waals surface area contributed by atoms with Gasteiger partial charge in [0.25, 0.3) is 0 Å². The normalized spacial score (nSPS) is 15.1. The Hall–Kier alpha value is -6.85. The Morgan fingerprint density at radius 3 is 2.00 bits per heavy atom. The van der Waals surface area contributed by atoms with E-state index < -0.39 is 0 Å². The molecule has 0 spiro atoms. The summed E-state index contributed by atoms with van der Waals surface area (Å²) in [6, 6.07) is 47.9. The lowest BCUT2D eigenvalue weighted by atomic mass is 9.86. The molecule has 10 rings (SSSR count). The Kier molecular flexibility index (Phi) is 7.21. The second-order valence-electron chi connectivity index (χ2n) is 13.2. The quantitative estimate of drug-likeness (QED) is 0.176. The molecule has 5 nitrogen and oxygen atoms in total. The largest absolute Gasteiger partial charge is 0.454 e. The highest BCUT2D eigenvalue weighted by Gasteiger charge is 2.28. The maximum Gasteiger partial charge on any atom is 0.164 e. The van der Waals surface area contributed by atoms with Crippen LogP contribution in [0.2, 0.25) is 0 Å². The van der Waals surface area contributed by atoms with Crippen molar-refractivity contribution in [3.63, 3.8) is 0 Å². The number of fused-ring (bicyclic) bond motifs is 6. The van der Waals surface area contributed by atoms with E-state index in [0.29, 0.717) is 23.4 Å². The molecule has 1 atom stereocenters. The first-order valence-corrected chi connectivity index (χ1v) is 17.6. The number of hydrogen-bond donors (Lipinski definition) is 0. The standard InChI is InChI=1S/C47H32N4O/c1-4-16-33(17-5-1)45-48-46(34-18-6-2-7-19-34)50-47(49-45)39-27-28-40(44-43(39)42-38-23-13-12-15-32(38)25-29-41(42)52-44)51(36-21-8-3-9-22-36)37-26-24-31-14-10-11-20-35(31)30-37/h1-29,35H,30H2. The van der Waals surface area contributed by atoms with Gasteiger partial charge in [0, 0.05) is 44.8 Å². The summed E-state index contributed by atoms with van der Waals surface area (Å²) < 4.78 is 7.00. The third kappa shape index (κ3) is 5.14. The van der Waals surface area contributed by atoms with Gasteiger partial charge in [-0.2, -0.15) is 0 Å². The molecule has 0 bridgehead atoms. The zero-order chi connectivity index (χ0) is 34.4. The van der Waals surface area contributed by atoms with Crippen molar-refractivity contribution in [2.45, 2.75) is 6.42 Å². The predicted molar refractivity (Wildman–Crippen MR) is 212 cm³/mol. The molecule has 1 unspecified atom stereocenters. The number of para-hydroxylation sites is 1. The molecule has 0 N–H and O–H groups in total. The number of hydrogen-bond acceptors (Lipinski definition) is 5. The van der Waals surface area contributed by atoms with E-state index in [9.17, 15) is 0 Å². The first-order valence-electron chi connectivity index (χ1n) is 17.6. The fourth-order valence-electron chi connectivity index (χ4n) is 7.57. The molecule has 0 saturated carbocycles. The van der Waals surface area contributed by atoms with Gasteiger partial charge in [0.2, 0.25) is 0 Å². The van der Waals surface area contributed by atoms with E-state index in [0.717, 1.165) is 67.2 Å². The topological polar surface area (TPSA) is 55.1 Å². The molecule has 8 aromatic rings. The van der Waals surface area contributed by atoms with Crippen LogP contribution in [0.1, 0.15) is 6.42 Å². The highest BCUT2D eigenvalue weighted by Crippen LogP contribution is 2.47. The molecule has 2 aliphatic carbocycles. The Bertz CT molecular complexity index is 2700. The van der Waals surface area contributed by atoms with Crippen LogP contribution in [0.5, 0.6) is 0 Å². The van der Waals surface area contributed by atoms with Gasteiger partial charge < -0.3 is 9.32 Å². The zero-order valence-corrected chi connectivity index (χ0v) is 28.2. The molecule has 5 heteroatoms. The molecule has 2 heterocycles. The highest BCUT2D eigenvalue weighted by molar-refractivity contribution is 6.24. The van der Waals surface area contributed by atoms with Crippen molar-refractivity contribution in [1.82, 2.24) is 15.0 Å². The van der Waals surface area contributed by atoms with Crippen LogP contribution in [0.15, 0.2) is 192 Å². The van der Waals surface area contributed by atoms with E-state index in [1.807, 2.05) is 60.7 Å². The minimum Gasteiger partial charge on any atom is -0.454 e. The maximum atomic E-state index is 7.00. The van der Waals surface area contributed by atoms with E-state index in [2.05, 4.69) is 120 Å². The molecule has 0 amide bonds. The second kappa shape index (κ2) is 12.5. The molecule has 0 saturated heterocycles.